The van der Waals surface area contributed by atoms with Gasteiger partial charge in [0.15, 0.2) is 5.82 Å². The summed E-state index contributed by atoms with van der Waals surface area (Å²) in [6.45, 7) is 12.0. The monoisotopic (exact) mass is 385 g/mol. The fourth-order valence-electron chi connectivity index (χ4n) is 4.49. The Kier molecular flexibility index (Phi) is 5.48. The third kappa shape index (κ3) is 3.83. The zero-order chi connectivity index (χ0) is 19.7. The Morgan fingerprint density at radius 2 is 1.93 bits per heavy atom. The minimum atomic E-state index is 0.0925. The molecule has 1 fully saturated rings. The summed E-state index contributed by atoms with van der Waals surface area (Å²) >= 11 is 0. The molecule has 0 N–H and O–H groups in total. The number of hydrogen-bond donors (Lipinski definition) is 0. The van der Waals surface area contributed by atoms with Crippen LogP contribution in [-0.2, 0) is 24.4 Å². The Morgan fingerprint density at radius 3 is 2.61 bits per heavy atom. The molecule has 4 rings (SSSR count). The quantitative estimate of drug-likeness (QED) is 0.784. The van der Waals surface area contributed by atoms with Crippen LogP contribution in [0.3, 0.4) is 0 Å². The Bertz CT molecular complexity index is 832. The second-order valence-corrected chi connectivity index (χ2v) is 8.14. The van der Waals surface area contributed by atoms with Crippen molar-refractivity contribution in [2.45, 2.75) is 65.6 Å². The minimum absolute atomic E-state index is 0.0925. The van der Waals surface area contributed by atoms with Crippen molar-refractivity contribution in [1.29, 1.82) is 0 Å². The minimum Gasteiger partial charge on any atom is -0.332 e. The Hall–Kier alpha value is -2.22. The fraction of sp³-hybridized carbons (Fsp3) is 0.700. The van der Waals surface area contributed by atoms with Gasteiger partial charge in [-0.05, 0) is 58.8 Å². The van der Waals surface area contributed by atoms with Crippen molar-refractivity contribution in [2.24, 2.45) is 0 Å². The predicted molar refractivity (Wildman–Crippen MR) is 106 cm³/mol. The first kappa shape index (κ1) is 19.1. The van der Waals surface area contributed by atoms with E-state index in [9.17, 15) is 4.79 Å². The maximum absolute atomic E-state index is 12.7. The average molecular weight is 386 g/mol. The summed E-state index contributed by atoms with van der Waals surface area (Å²) in [4.78, 5) is 17.2. The number of hydrogen-bond acceptors (Lipinski definition) is 5. The molecule has 0 unspecified atom stereocenters. The third-order valence-electron chi connectivity index (χ3n) is 6.02. The van der Waals surface area contributed by atoms with Gasteiger partial charge in [-0.25, -0.2) is 0 Å². The number of carbonyl (C=O) groups is 1. The number of fused-ring (bicyclic) bond motifs is 1. The molecule has 28 heavy (non-hydrogen) atoms. The number of nitrogens with zero attached hydrogens (tertiary/aromatic N) is 7. The molecule has 8 nitrogen and oxygen atoms in total. The van der Waals surface area contributed by atoms with Crippen molar-refractivity contribution in [2.75, 3.05) is 26.2 Å². The molecule has 152 valence electrons. The van der Waals surface area contributed by atoms with Crippen molar-refractivity contribution in [3.8, 4) is 0 Å². The first-order valence-corrected chi connectivity index (χ1v) is 10.5. The lowest BCUT2D eigenvalue weighted by Gasteiger charge is -2.33. The molecule has 8 heteroatoms. The van der Waals surface area contributed by atoms with Gasteiger partial charge in [0.05, 0.1) is 12.2 Å². The fourth-order valence-corrected chi connectivity index (χ4v) is 4.49. The van der Waals surface area contributed by atoms with E-state index in [1.54, 1.807) is 4.68 Å². The lowest BCUT2D eigenvalue weighted by atomic mass is 9.95. The number of aryl methyl sites for hydroxylation is 2. The molecule has 0 spiro atoms. The second kappa shape index (κ2) is 8.03. The smallest absolute Gasteiger partial charge is 0.244 e. The van der Waals surface area contributed by atoms with Crippen molar-refractivity contribution < 1.29 is 4.79 Å². The van der Waals surface area contributed by atoms with Crippen LogP contribution in [0, 0.1) is 13.8 Å². The van der Waals surface area contributed by atoms with Gasteiger partial charge in [0.2, 0.25) is 5.91 Å². The molecule has 0 radical (unpaired) electrons. The largest absolute Gasteiger partial charge is 0.332 e. The lowest BCUT2D eigenvalue weighted by molar-refractivity contribution is -0.133. The molecule has 0 saturated carbocycles. The average Bonchev–Trinajstić information content (AvgIpc) is 3.24. The standard InChI is InChI=1S/C20H31N7O/c1-4-7-24-8-5-17(6-9-24)20-22-21-18-13-25(10-11-26(18)20)19(28)14-27-16(3)12-15(2)23-27/h12,17H,4-11,13-14H2,1-3H3. The van der Waals surface area contributed by atoms with E-state index < -0.39 is 0 Å². The molecule has 2 aromatic heterocycles. The number of rotatable bonds is 5. The Morgan fingerprint density at radius 1 is 1.14 bits per heavy atom. The van der Waals surface area contributed by atoms with E-state index in [1.165, 1.54) is 13.0 Å². The van der Waals surface area contributed by atoms with Crippen molar-refractivity contribution >= 4 is 5.91 Å². The van der Waals surface area contributed by atoms with Gasteiger partial charge in [0.1, 0.15) is 12.4 Å². The zero-order valence-electron chi connectivity index (χ0n) is 17.3. The van der Waals surface area contributed by atoms with Gasteiger partial charge in [-0.15, -0.1) is 10.2 Å². The van der Waals surface area contributed by atoms with Crippen LogP contribution in [-0.4, -0.2) is 66.4 Å². The Labute approximate surface area is 166 Å². The van der Waals surface area contributed by atoms with Gasteiger partial charge in [-0.1, -0.05) is 6.92 Å². The topological polar surface area (TPSA) is 72.1 Å². The van der Waals surface area contributed by atoms with E-state index in [0.29, 0.717) is 19.0 Å². The van der Waals surface area contributed by atoms with Gasteiger partial charge < -0.3 is 14.4 Å². The highest BCUT2D eigenvalue weighted by Crippen LogP contribution is 2.28. The maximum Gasteiger partial charge on any atom is 0.244 e. The van der Waals surface area contributed by atoms with Crippen LogP contribution < -0.4 is 0 Å². The van der Waals surface area contributed by atoms with Gasteiger partial charge in [0, 0.05) is 24.7 Å². The highest BCUT2D eigenvalue weighted by Gasteiger charge is 2.29. The SMILES string of the molecule is CCCN1CCC(c2nnc3n2CCN(C(=O)Cn2nc(C)cc2C)C3)CC1. The van der Waals surface area contributed by atoms with Gasteiger partial charge in [0.25, 0.3) is 0 Å². The van der Waals surface area contributed by atoms with Crippen LogP contribution in [0.1, 0.15) is 55.1 Å². The zero-order valence-corrected chi connectivity index (χ0v) is 17.3. The normalized spacial score (nSPS) is 18.5. The molecule has 0 aromatic carbocycles. The van der Waals surface area contributed by atoms with E-state index in [4.69, 9.17) is 0 Å². The van der Waals surface area contributed by atoms with E-state index >= 15 is 0 Å². The van der Waals surface area contributed by atoms with Gasteiger partial charge >= 0.3 is 0 Å². The molecule has 0 aliphatic carbocycles. The van der Waals surface area contributed by atoms with Crippen molar-refractivity contribution in [1.82, 2.24) is 34.3 Å². The van der Waals surface area contributed by atoms with Crippen LogP contribution in [0.25, 0.3) is 0 Å². The molecule has 2 aliphatic heterocycles. The van der Waals surface area contributed by atoms with E-state index in [-0.39, 0.29) is 12.5 Å². The van der Waals surface area contributed by atoms with E-state index in [0.717, 1.165) is 55.5 Å². The highest BCUT2D eigenvalue weighted by molar-refractivity contribution is 5.76. The molecule has 0 atom stereocenters. The van der Waals surface area contributed by atoms with Crippen LogP contribution in [0.15, 0.2) is 6.07 Å². The summed E-state index contributed by atoms with van der Waals surface area (Å²) in [5.41, 5.74) is 1.96. The summed E-state index contributed by atoms with van der Waals surface area (Å²) in [5, 5.41) is 13.4. The predicted octanol–water partition coefficient (Wildman–Crippen LogP) is 1.72. The first-order valence-electron chi connectivity index (χ1n) is 10.5. The lowest BCUT2D eigenvalue weighted by Crippen LogP contribution is -2.41. The first-order chi connectivity index (χ1) is 13.5. The summed E-state index contributed by atoms with van der Waals surface area (Å²) in [5.74, 6) is 2.62. The summed E-state index contributed by atoms with van der Waals surface area (Å²) < 4.78 is 4.04. The molecule has 4 heterocycles. The van der Waals surface area contributed by atoms with E-state index in [1.807, 2.05) is 24.8 Å². The summed E-state index contributed by atoms with van der Waals surface area (Å²) in [6.07, 6.45) is 3.52. The molecule has 0 bridgehead atoms. The van der Waals surface area contributed by atoms with Crippen molar-refractivity contribution in [3.63, 3.8) is 0 Å². The number of carbonyl (C=O) groups excluding carboxylic acids is 1. The van der Waals surface area contributed by atoms with E-state index in [2.05, 4.69) is 31.7 Å². The maximum atomic E-state index is 12.7. The van der Waals surface area contributed by atoms with Gasteiger partial charge in [-0.3, -0.25) is 9.48 Å². The van der Waals surface area contributed by atoms with Crippen molar-refractivity contribution in [3.05, 3.63) is 29.1 Å². The molecule has 2 aromatic rings. The number of aromatic nitrogens is 5. The molecular weight excluding hydrogens is 354 g/mol. The van der Waals surface area contributed by atoms with Crippen LogP contribution in [0.4, 0.5) is 0 Å². The molecular formula is C20H31N7O. The number of amides is 1. The second-order valence-electron chi connectivity index (χ2n) is 8.14. The number of piperidine rings is 1. The summed E-state index contributed by atoms with van der Waals surface area (Å²) in [7, 11) is 0. The third-order valence-corrected chi connectivity index (χ3v) is 6.02. The Balaban J connectivity index is 1.39. The number of likely N-dealkylation sites (tertiary alicyclic amines) is 1. The molecule has 1 saturated heterocycles. The molecule has 2 aliphatic rings. The van der Waals surface area contributed by atoms with Crippen LogP contribution in [0.5, 0.6) is 0 Å². The molecule has 1 amide bonds. The summed E-state index contributed by atoms with van der Waals surface area (Å²) in [6, 6.07) is 2.00. The highest BCUT2D eigenvalue weighted by atomic mass is 16.2. The van der Waals surface area contributed by atoms with Gasteiger partial charge in [-0.2, -0.15) is 5.10 Å². The van der Waals surface area contributed by atoms with Crippen LogP contribution in [0.2, 0.25) is 0 Å². The van der Waals surface area contributed by atoms with Crippen LogP contribution >= 0.6 is 0 Å².